The first-order valence-electron chi connectivity index (χ1n) is 8.09. The normalized spacial score (nSPS) is 10.9. The number of aryl methyl sites for hydroxylation is 2. The molecule has 0 aliphatic rings. The zero-order chi connectivity index (χ0) is 16.1. The molecule has 3 rings (SSSR count). The van der Waals surface area contributed by atoms with Crippen LogP contribution in [0.15, 0.2) is 54.6 Å². The highest BCUT2D eigenvalue weighted by Gasteiger charge is 2.15. The summed E-state index contributed by atoms with van der Waals surface area (Å²) in [5, 5.41) is 8.65. The predicted octanol–water partition coefficient (Wildman–Crippen LogP) is 3.07. The maximum Gasteiger partial charge on any atom is 0.0999 e. The van der Waals surface area contributed by atoms with E-state index in [0.717, 1.165) is 36.3 Å². The summed E-state index contributed by atoms with van der Waals surface area (Å²) in [5.41, 5.74) is 11.5. The van der Waals surface area contributed by atoms with Crippen molar-refractivity contribution in [3.05, 3.63) is 77.1 Å². The Bertz CT molecular complexity index is 762. The van der Waals surface area contributed by atoms with Crippen molar-refractivity contribution in [1.29, 1.82) is 0 Å². The molecule has 0 bridgehead atoms. The Balaban J connectivity index is 1.94. The lowest BCUT2D eigenvalue weighted by Gasteiger charge is -2.11. The van der Waals surface area contributed by atoms with Gasteiger partial charge in [-0.2, -0.15) is 0 Å². The monoisotopic (exact) mass is 306 g/mol. The van der Waals surface area contributed by atoms with Gasteiger partial charge in [-0.05, 0) is 36.5 Å². The minimum atomic E-state index is 0.415. The maximum atomic E-state index is 5.87. The summed E-state index contributed by atoms with van der Waals surface area (Å²) < 4.78 is 1.96. The van der Waals surface area contributed by atoms with Crippen molar-refractivity contribution in [3.63, 3.8) is 0 Å². The highest BCUT2D eigenvalue weighted by Crippen LogP contribution is 2.19. The fourth-order valence-corrected chi connectivity index (χ4v) is 2.86. The van der Waals surface area contributed by atoms with Crippen LogP contribution in [0.1, 0.15) is 29.4 Å². The highest BCUT2D eigenvalue weighted by atomic mass is 15.4. The lowest BCUT2D eigenvalue weighted by atomic mass is 10.1. The van der Waals surface area contributed by atoms with Crippen LogP contribution in [0.5, 0.6) is 0 Å². The van der Waals surface area contributed by atoms with Crippen LogP contribution in [-0.2, 0) is 25.8 Å². The van der Waals surface area contributed by atoms with E-state index in [2.05, 4.69) is 59.7 Å². The molecule has 0 radical (unpaired) electrons. The van der Waals surface area contributed by atoms with E-state index in [0.29, 0.717) is 6.54 Å². The van der Waals surface area contributed by atoms with Crippen LogP contribution in [0, 0.1) is 0 Å². The van der Waals surface area contributed by atoms with Gasteiger partial charge in [0.2, 0.25) is 0 Å². The number of nitrogens with zero attached hydrogens (tertiary/aromatic N) is 3. The Morgan fingerprint density at radius 1 is 0.957 bits per heavy atom. The zero-order valence-corrected chi connectivity index (χ0v) is 13.4. The number of hydrogen-bond acceptors (Lipinski definition) is 3. The van der Waals surface area contributed by atoms with E-state index in [1.807, 2.05) is 16.8 Å². The molecule has 0 aliphatic carbocycles. The molecule has 0 amide bonds. The van der Waals surface area contributed by atoms with Gasteiger partial charge in [0.15, 0.2) is 0 Å². The fourth-order valence-electron chi connectivity index (χ4n) is 2.86. The summed E-state index contributed by atoms with van der Waals surface area (Å²) in [7, 11) is 0. The third-order valence-electron chi connectivity index (χ3n) is 4.13. The average Bonchev–Trinajstić information content (AvgIpc) is 3.03. The molecule has 1 aromatic heterocycles. The van der Waals surface area contributed by atoms with Gasteiger partial charge in [-0.25, -0.2) is 4.68 Å². The summed E-state index contributed by atoms with van der Waals surface area (Å²) in [6, 6.07) is 18.8. The number of aromatic nitrogens is 3. The van der Waals surface area contributed by atoms with Gasteiger partial charge in [0.1, 0.15) is 0 Å². The van der Waals surface area contributed by atoms with Crippen LogP contribution < -0.4 is 5.73 Å². The summed E-state index contributed by atoms with van der Waals surface area (Å²) in [5.74, 6) is 0. The van der Waals surface area contributed by atoms with Gasteiger partial charge in [-0.3, -0.25) is 0 Å². The summed E-state index contributed by atoms with van der Waals surface area (Å²) in [4.78, 5) is 0. The second-order valence-electron chi connectivity index (χ2n) is 5.57. The minimum Gasteiger partial charge on any atom is -0.325 e. The van der Waals surface area contributed by atoms with Crippen molar-refractivity contribution >= 4 is 0 Å². The molecule has 1 heterocycles. The first-order chi connectivity index (χ1) is 11.3. The molecule has 0 saturated carbocycles. The second kappa shape index (κ2) is 7.20. The summed E-state index contributed by atoms with van der Waals surface area (Å²) >= 11 is 0. The molecule has 3 aromatic rings. The smallest absolute Gasteiger partial charge is 0.0999 e. The van der Waals surface area contributed by atoms with E-state index >= 15 is 0 Å². The molecule has 2 aromatic carbocycles. The van der Waals surface area contributed by atoms with Gasteiger partial charge in [-0.15, -0.1) is 5.10 Å². The van der Waals surface area contributed by atoms with E-state index in [4.69, 9.17) is 5.73 Å². The molecule has 118 valence electrons. The van der Waals surface area contributed by atoms with Gasteiger partial charge in [-0.1, -0.05) is 60.7 Å². The fraction of sp³-hybridized carbons (Fsp3) is 0.263. The van der Waals surface area contributed by atoms with Crippen LogP contribution in [-0.4, -0.2) is 15.0 Å². The molecule has 2 N–H and O–H groups in total. The standard InChI is InChI=1S/C19H22N4/c1-2-16-10-6-7-11-18(16)23-19(17(14-20)21-22-23)13-12-15-8-4-3-5-9-15/h3-11H,2,12-14,20H2,1H3. The SMILES string of the molecule is CCc1ccccc1-n1nnc(CN)c1CCc1ccccc1. The van der Waals surface area contributed by atoms with Gasteiger partial charge in [0.25, 0.3) is 0 Å². The van der Waals surface area contributed by atoms with Gasteiger partial charge >= 0.3 is 0 Å². The lowest BCUT2D eigenvalue weighted by molar-refractivity contribution is 0.744. The van der Waals surface area contributed by atoms with Crippen LogP contribution in [0.3, 0.4) is 0 Å². The quantitative estimate of drug-likeness (QED) is 0.761. The van der Waals surface area contributed by atoms with Gasteiger partial charge < -0.3 is 5.73 Å². The molecule has 0 fully saturated rings. The van der Waals surface area contributed by atoms with Crippen LogP contribution >= 0.6 is 0 Å². The van der Waals surface area contributed by atoms with Crippen molar-refractivity contribution in [1.82, 2.24) is 15.0 Å². The Labute approximate surface area is 137 Å². The molecule has 0 saturated heterocycles. The number of rotatable bonds is 6. The van der Waals surface area contributed by atoms with Gasteiger partial charge in [0.05, 0.1) is 17.1 Å². The molecule has 0 unspecified atom stereocenters. The molecule has 4 nitrogen and oxygen atoms in total. The predicted molar refractivity (Wildman–Crippen MR) is 92.5 cm³/mol. The van der Waals surface area contributed by atoms with E-state index in [1.165, 1.54) is 11.1 Å². The Morgan fingerprint density at radius 3 is 2.43 bits per heavy atom. The molecule has 0 spiro atoms. The van der Waals surface area contributed by atoms with Crippen LogP contribution in [0.4, 0.5) is 0 Å². The van der Waals surface area contributed by atoms with E-state index in [9.17, 15) is 0 Å². The molecule has 0 atom stereocenters. The summed E-state index contributed by atoms with van der Waals surface area (Å²) in [6.45, 7) is 2.57. The topological polar surface area (TPSA) is 56.7 Å². The number of hydrogen-bond donors (Lipinski definition) is 1. The Morgan fingerprint density at radius 2 is 1.70 bits per heavy atom. The molecule has 4 heteroatoms. The molecule has 23 heavy (non-hydrogen) atoms. The Kier molecular flexibility index (Phi) is 4.83. The van der Waals surface area contributed by atoms with Crippen LogP contribution in [0.2, 0.25) is 0 Å². The Hall–Kier alpha value is -2.46. The number of nitrogens with two attached hydrogens (primary N) is 1. The van der Waals surface area contributed by atoms with Crippen molar-refractivity contribution in [2.75, 3.05) is 0 Å². The zero-order valence-electron chi connectivity index (χ0n) is 13.4. The van der Waals surface area contributed by atoms with E-state index in [-0.39, 0.29) is 0 Å². The van der Waals surface area contributed by atoms with Crippen molar-refractivity contribution in [3.8, 4) is 5.69 Å². The largest absolute Gasteiger partial charge is 0.325 e. The van der Waals surface area contributed by atoms with Crippen LogP contribution in [0.25, 0.3) is 5.69 Å². The second-order valence-corrected chi connectivity index (χ2v) is 5.57. The first-order valence-corrected chi connectivity index (χ1v) is 8.09. The number of para-hydroxylation sites is 1. The maximum absolute atomic E-state index is 5.87. The lowest BCUT2D eigenvalue weighted by Crippen LogP contribution is -2.09. The van der Waals surface area contributed by atoms with Crippen molar-refractivity contribution < 1.29 is 0 Å². The van der Waals surface area contributed by atoms with Gasteiger partial charge in [0, 0.05) is 6.54 Å². The number of benzene rings is 2. The minimum absolute atomic E-state index is 0.415. The first kappa shape index (κ1) is 15.4. The summed E-state index contributed by atoms with van der Waals surface area (Å²) in [6.07, 6.45) is 2.79. The molecular formula is C19H22N4. The molecule has 0 aliphatic heterocycles. The van der Waals surface area contributed by atoms with Crippen molar-refractivity contribution in [2.45, 2.75) is 32.7 Å². The third-order valence-corrected chi connectivity index (χ3v) is 4.13. The van der Waals surface area contributed by atoms with E-state index in [1.54, 1.807) is 0 Å². The average molecular weight is 306 g/mol. The third kappa shape index (κ3) is 3.32. The van der Waals surface area contributed by atoms with E-state index < -0.39 is 0 Å². The highest BCUT2D eigenvalue weighted by molar-refractivity contribution is 5.42. The molecular weight excluding hydrogens is 284 g/mol. The van der Waals surface area contributed by atoms with Crippen molar-refractivity contribution in [2.24, 2.45) is 5.73 Å².